The maximum atomic E-state index is 11.9. The third-order valence-electron chi connectivity index (χ3n) is 7.01. The maximum Gasteiger partial charge on any atom is 0.333 e. The highest BCUT2D eigenvalue weighted by atomic mass is 16.5. The summed E-state index contributed by atoms with van der Waals surface area (Å²) in [7, 11) is 1.62. The average Bonchev–Trinajstić information content (AvgIpc) is 3.06. The van der Waals surface area contributed by atoms with Gasteiger partial charge < -0.3 is 23.7 Å². The molecule has 0 aliphatic heterocycles. The second-order valence-electron chi connectivity index (χ2n) is 10.8. The molecule has 0 atom stereocenters. The summed E-state index contributed by atoms with van der Waals surface area (Å²) in [6.07, 6.45) is 10.8. The maximum absolute atomic E-state index is 11.9. The van der Waals surface area contributed by atoms with Gasteiger partial charge in [0.2, 0.25) is 0 Å². The zero-order valence-electron chi connectivity index (χ0n) is 26.6. The number of unbranched alkanes of at least 4 members (excludes halogenated alkanes) is 6. The van der Waals surface area contributed by atoms with Crippen molar-refractivity contribution < 1.29 is 33.3 Å². The smallest absolute Gasteiger partial charge is 0.333 e. The van der Waals surface area contributed by atoms with Crippen LogP contribution in [0.3, 0.4) is 0 Å². The summed E-state index contributed by atoms with van der Waals surface area (Å²) in [5.74, 6) is 1.83. The molecule has 0 bridgehead atoms. The van der Waals surface area contributed by atoms with Crippen molar-refractivity contribution >= 4 is 18.0 Å². The first-order valence-corrected chi connectivity index (χ1v) is 15.7. The summed E-state index contributed by atoms with van der Waals surface area (Å²) < 4.78 is 27.3. The van der Waals surface area contributed by atoms with Crippen molar-refractivity contribution in [3.63, 3.8) is 0 Å². The Kier molecular flexibility index (Phi) is 15.9. The van der Waals surface area contributed by atoms with E-state index in [1.165, 1.54) is 6.08 Å². The van der Waals surface area contributed by atoms with Crippen molar-refractivity contribution in [1.82, 2.24) is 0 Å². The molecule has 45 heavy (non-hydrogen) atoms. The molecule has 0 aromatic heterocycles. The van der Waals surface area contributed by atoms with E-state index in [4.69, 9.17) is 23.7 Å². The van der Waals surface area contributed by atoms with E-state index in [1.54, 1.807) is 20.1 Å². The Labute approximate surface area is 267 Å². The van der Waals surface area contributed by atoms with Crippen molar-refractivity contribution in [2.75, 3.05) is 33.5 Å². The minimum Gasteiger partial charge on any atom is -0.497 e. The number of methoxy groups -OCH3 is 1. The number of hydrogen-bond donors (Lipinski definition) is 0. The first-order chi connectivity index (χ1) is 21.9. The number of carbonyl (C=O) groups excluding carboxylic acids is 2. The van der Waals surface area contributed by atoms with Crippen LogP contribution in [-0.2, 0) is 19.1 Å². The van der Waals surface area contributed by atoms with Crippen molar-refractivity contribution in [3.8, 4) is 28.4 Å². The van der Waals surface area contributed by atoms with Crippen LogP contribution in [-0.4, -0.2) is 45.5 Å². The minimum absolute atomic E-state index is 0.320. The summed E-state index contributed by atoms with van der Waals surface area (Å²) in [5.41, 5.74) is 3.59. The van der Waals surface area contributed by atoms with Crippen LogP contribution >= 0.6 is 0 Å². The topological polar surface area (TPSA) is 80.3 Å². The normalized spacial score (nSPS) is 10.8. The molecule has 0 spiro atoms. The second-order valence-corrected chi connectivity index (χ2v) is 10.8. The molecule has 0 fully saturated rings. The SMILES string of the molecule is C=C(C)C(=O)OCCCCCCOc1ccc(-c2ccc(OCCCCCCOC(=O)/C=C/c3ccc(OC)cc3)cc2)cc1. The summed E-state index contributed by atoms with van der Waals surface area (Å²) in [6.45, 7) is 7.40. The highest BCUT2D eigenvalue weighted by molar-refractivity contribution is 5.87. The first kappa shape index (κ1) is 35.0. The summed E-state index contributed by atoms with van der Waals surface area (Å²) in [4.78, 5) is 23.2. The Morgan fingerprint density at radius 2 is 1.04 bits per heavy atom. The van der Waals surface area contributed by atoms with E-state index >= 15 is 0 Å². The van der Waals surface area contributed by atoms with Crippen LogP contribution in [0, 0.1) is 0 Å². The van der Waals surface area contributed by atoms with Gasteiger partial charge in [-0.3, -0.25) is 0 Å². The molecule has 0 heterocycles. The lowest BCUT2D eigenvalue weighted by molar-refractivity contribution is -0.139. The van der Waals surface area contributed by atoms with Crippen LogP contribution in [0.25, 0.3) is 17.2 Å². The van der Waals surface area contributed by atoms with Gasteiger partial charge in [0, 0.05) is 11.6 Å². The fourth-order valence-corrected chi connectivity index (χ4v) is 4.37. The highest BCUT2D eigenvalue weighted by Gasteiger charge is 2.04. The predicted octanol–water partition coefficient (Wildman–Crippen LogP) is 8.62. The summed E-state index contributed by atoms with van der Waals surface area (Å²) in [5, 5.41) is 0. The molecule has 7 heteroatoms. The largest absolute Gasteiger partial charge is 0.497 e. The van der Waals surface area contributed by atoms with E-state index in [-0.39, 0.29) is 11.9 Å². The monoisotopic (exact) mass is 614 g/mol. The number of esters is 2. The molecule has 0 radical (unpaired) electrons. The van der Waals surface area contributed by atoms with Gasteiger partial charge in [-0.15, -0.1) is 0 Å². The fourth-order valence-electron chi connectivity index (χ4n) is 4.37. The number of carbonyl (C=O) groups is 2. The van der Waals surface area contributed by atoms with Gasteiger partial charge in [-0.25, -0.2) is 9.59 Å². The summed E-state index contributed by atoms with van der Waals surface area (Å²) >= 11 is 0. The van der Waals surface area contributed by atoms with E-state index in [1.807, 2.05) is 48.5 Å². The lowest BCUT2D eigenvalue weighted by atomic mass is 10.1. The van der Waals surface area contributed by atoms with Crippen LogP contribution in [0.2, 0.25) is 0 Å². The van der Waals surface area contributed by atoms with Gasteiger partial charge in [0.1, 0.15) is 17.2 Å². The molecular weight excluding hydrogens is 568 g/mol. The fraction of sp³-hybridized carbons (Fsp3) is 0.368. The molecule has 0 saturated carbocycles. The molecular formula is C38H46O7. The van der Waals surface area contributed by atoms with Crippen LogP contribution in [0.5, 0.6) is 17.2 Å². The van der Waals surface area contributed by atoms with Crippen LogP contribution in [0.4, 0.5) is 0 Å². The second kappa shape index (κ2) is 20.4. The average molecular weight is 615 g/mol. The lowest BCUT2D eigenvalue weighted by Crippen LogP contribution is -2.06. The number of rotatable bonds is 21. The molecule has 3 aromatic rings. The molecule has 0 unspecified atom stereocenters. The van der Waals surface area contributed by atoms with E-state index in [2.05, 4.69) is 30.8 Å². The van der Waals surface area contributed by atoms with Gasteiger partial charge in [0.15, 0.2) is 0 Å². The van der Waals surface area contributed by atoms with Crippen molar-refractivity contribution in [2.45, 2.75) is 58.3 Å². The summed E-state index contributed by atoms with van der Waals surface area (Å²) in [6, 6.07) is 23.7. The van der Waals surface area contributed by atoms with Gasteiger partial charge >= 0.3 is 11.9 Å². The Morgan fingerprint density at radius 3 is 1.51 bits per heavy atom. The van der Waals surface area contributed by atoms with Crippen molar-refractivity contribution in [3.05, 3.63) is 96.6 Å². The molecule has 0 amide bonds. The zero-order chi connectivity index (χ0) is 32.1. The first-order valence-electron chi connectivity index (χ1n) is 15.7. The number of benzene rings is 3. The van der Waals surface area contributed by atoms with Crippen LogP contribution < -0.4 is 14.2 Å². The zero-order valence-corrected chi connectivity index (χ0v) is 26.6. The Balaban J connectivity index is 1.21. The van der Waals surface area contributed by atoms with Crippen LogP contribution in [0.1, 0.15) is 63.9 Å². The van der Waals surface area contributed by atoms with Gasteiger partial charge in [0.25, 0.3) is 0 Å². The third-order valence-corrected chi connectivity index (χ3v) is 7.01. The Morgan fingerprint density at radius 1 is 0.600 bits per heavy atom. The van der Waals surface area contributed by atoms with Crippen LogP contribution in [0.15, 0.2) is 91.0 Å². The van der Waals surface area contributed by atoms with Crippen molar-refractivity contribution in [1.29, 1.82) is 0 Å². The van der Waals surface area contributed by atoms with Crippen molar-refractivity contribution in [2.24, 2.45) is 0 Å². The standard InChI is InChI=1S/C38H46O7/c1-30(2)38(40)45-29-11-7-5-9-27-43-36-23-17-33(18-24-36)32-15-21-35(22-16-32)42-26-8-4-6-10-28-44-37(39)25-14-31-12-19-34(41-3)20-13-31/h12-25H,1,4-11,26-29H2,2-3H3/b25-14+. The predicted molar refractivity (Wildman–Crippen MR) is 179 cm³/mol. The molecule has 0 saturated heterocycles. The van der Waals surface area contributed by atoms with Gasteiger partial charge in [0.05, 0.1) is 33.5 Å². The number of hydrogen-bond acceptors (Lipinski definition) is 7. The third kappa shape index (κ3) is 14.2. The molecule has 3 rings (SSSR count). The van der Waals surface area contributed by atoms with Gasteiger partial charge in [-0.1, -0.05) is 43.0 Å². The molecule has 0 N–H and O–H groups in total. The van der Waals surface area contributed by atoms with E-state index in [0.29, 0.717) is 32.0 Å². The highest BCUT2D eigenvalue weighted by Crippen LogP contribution is 2.25. The molecule has 7 nitrogen and oxygen atoms in total. The molecule has 0 aliphatic rings. The van der Waals surface area contributed by atoms with E-state index in [0.717, 1.165) is 85.3 Å². The molecule has 0 aliphatic carbocycles. The minimum atomic E-state index is -0.331. The lowest BCUT2D eigenvalue weighted by Gasteiger charge is -2.09. The van der Waals surface area contributed by atoms with Gasteiger partial charge in [-0.05, 0) is 117 Å². The number of ether oxygens (including phenoxy) is 5. The Hall–Kier alpha value is -4.52. The molecule has 3 aromatic carbocycles. The van der Waals surface area contributed by atoms with E-state index < -0.39 is 0 Å². The molecule has 240 valence electrons. The van der Waals surface area contributed by atoms with Gasteiger partial charge in [-0.2, -0.15) is 0 Å². The Bertz CT molecular complexity index is 1330. The van der Waals surface area contributed by atoms with E-state index in [9.17, 15) is 9.59 Å². The quantitative estimate of drug-likeness (QED) is 0.0675.